The molecule has 0 amide bonds. The first kappa shape index (κ1) is 12.1. The standard InChI is InChI=1S/C7H8FNO4S2/c8-6-14(10,11)9-15(12,13)7-4-2-1-3-5-7/h1-5,9H,6H2. The molecule has 0 heterocycles. The molecule has 8 heteroatoms. The zero-order valence-electron chi connectivity index (χ0n) is 7.42. The van der Waals surface area contributed by atoms with E-state index in [0.29, 0.717) is 0 Å². The van der Waals surface area contributed by atoms with Gasteiger partial charge in [-0.2, -0.15) is 0 Å². The fraction of sp³-hybridized carbons (Fsp3) is 0.143. The van der Waals surface area contributed by atoms with Crippen LogP contribution in [-0.2, 0) is 20.0 Å². The van der Waals surface area contributed by atoms with Gasteiger partial charge in [0.1, 0.15) is 0 Å². The summed E-state index contributed by atoms with van der Waals surface area (Å²) in [6, 6.07) is 5.06. The molecule has 84 valence electrons. The number of sulfonamides is 2. The molecule has 0 atom stereocenters. The summed E-state index contributed by atoms with van der Waals surface area (Å²) in [5.41, 5.74) is 0. The molecule has 0 aromatic heterocycles. The molecule has 1 aromatic rings. The lowest BCUT2D eigenvalue weighted by Gasteiger charge is -2.04. The Hall–Kier alpha value is -0.990. The lowest BCUT2D eigenvalue weighted by atomic mass is 10.4. The van der Waals surface area contributed by atoms with Crippen LogP contribution in [-0.4, -0.2) is 22.8 Å². The van der Waals surface area contributed by atoms with Gasteiger partial charge in [-0.05, 0) is 12.1 Å². The molecule has 0 saturated heterocycles. The smallest absolute Gasteiger partial charge is 0.232 e. The minimum Gasteiger partial charge on any atom is -0.232 e. The van der Waals surface area contributed by atoms with Crippen molar-refractivity contribution in [3.63, 3.8) is 0 Å². The van der Waals surface area contributed by atoms with E-state index >= 15 is 0 Å². The van der Waals surface area contributed by atoms with Crippen LogP contribution in [0.15, 0.2) is 35.2 Å². The second-order valence-corrected chi connectivity index (χ2v) is 6.22. The van der Waals surface area contributed by atoms with Crippen LogP contribution in [0.3, 0.4) is 0 Å². The minimum absolute atomic E-state index is 0.234. The van der Waals surface area contributed by atoms with Crippen molar-refractivity contribution in [1.82, 2.24) is 4.13 Å². The number of benzene rings is 1. The monoisotopic (exact) mass is 253 g/mol. The van der Waals surface area contributed by atoms with E-state index in [2.05, 4.69) is 0 Å². The van der Waals surface area contributed by atoms with Crippen LogP contribution < -0.4 is 4.13 Å². The van der Waals surface area contributed by atoms with Gasteiger partial charge in [-0.25, -0.2) is 21.2 Å². The molecule has 0 aliphatic rings. The second kappa shape index (κ2) is 4.25. The Morgan fingerprint density at radius 3 is 2.07 bits per heavy atom. The van der Waals surface area contributed by atoms with Crippen LogP contribution in [0.1, 0.15) is 0 Å². The second-order valence-electron chi connectivity index (χ2n) is 2.62. The molecule has 0 unspecified atom stereocenters. The Morgan fingerprint density at radius 2 is 1.60 bits per heavy atom. The third kappa shape index (κ3) is 3.26. The molecule has 15 heavy (non-hydrogen) atoms. The molecule has 0 aliphatic heterocycles. The summed E-state index contributed by atoms with van der Waals surface area (Å²) < 4.78 is 57.3. The van der Waals surface area contributed by atoms with Gasteiger partial charge in [0.2, 0.25) is 6.01 Å². The summed E-state index contributed by atoms with van der Waals surface area (Å²) in [6.07, 6.45) is 0. The van der Waals surface area contributed by atoms with Crippen LogP contribution in [0.5, 0.6) is 0 Å². The van der Waals surface area contributed by atoms with Gasteiger partial charge in [0.15, 0.2) is 0 Å². The maximum Gasteiger partial charge on any atom is 0.254 e. The van der Waals surface area contributed by atoms with Crippen molar-refractivity contribution >= 4 is 20.0 Å². The lowest BCUT2D eigenvalue weighted by Crippen LogP contribution is -2.31. The Morgan fingerprint density at radius 1 is 1.07 bits per heavy atom. The summed E-state index contributed by atoms with van der Waals surface area (Å²) in [5, 5.41) is 0. The maximum atomic E-state index is 11.9. The molecule has 0 spiro atoms. The highest BCUT2D eigenvalue weighted by molar-refractivity contribution is 8.04. The van der Waals surface area contributed by atoms with Gasteiger partial charge in [0, 0.05) is 0 Å². The van der Waals surface area contributed by atoms with E-state index in [4.69, 9.17) is 0 Å². The molecule has 5 nitrogen and oxygen atoms in total. The van der Waals surface area contributed by atoms with Crippen molar-refractivity contribution in [2.75, 3.05) is 6.01 Å². The van der Waals surface area contributed by atoms with Crippen LogP contribution in [0, 0.1) is 0 Å². The number of hydrogen-bond acceptors (Lipinski definition) is 4. The minimum atomic E-state index is -4.43. The number of hydrogen-bond donors (Lipinski definition) is 1. The quantitative estimate of drug-likeness (QED) is 0.832. The van der Waals surface area contributed by atoms with E-state index in [1.807, 2.05) is 0 Å². The van der Waals surface area contributed by atoms with Crippen molar-refractivity contribution in [3.8, 4) is 0 Å². The summed E-state index contributed by atoms with van der Waals surface area (Å²) in [6.45, 7) is 0. The number of alkyl halides is 1. The van der Waals surface area contributed by atoms with Crippen LogP contribution in [0.2, 0.25) is 0 Å². The molecule has 0 fully saturated rings. The first-order valence-electron chi connectivity index (χ1n) is 3.75. The summed E-state index contributed by atoms with van der Waals surface area (Å²) in [5.74, 6) is 0. The summed E-state index contributed by atoms with van der Waals surface area (Å²) >= 11 is 0. The Kier molecular flexibility index (Phi) is 3.42. The molecule has 0 aliphatic carbocycles. The normalized spacial score (nSPS) is 12.6. The van der Waals surface area contributed by atoms with Gasteiger partial charge >= 0.3 is 0 Å². The van der Waals surface area contributed by atoms with E-state index in [-0.39, 0.29) is 4.90 Å². The van der Waals surface area contributed by atoms with Gasteiger partial charge in [-0.3, -0.25) is 0 Å². The van der Waals surface area contributed by atoms with Gasteiger partial charge < -0.3 is 0 Å². The molecule has 0 bridgehead atoms. The molecular weight excluding hydrogens is 245 g/mol. The first-order chi connectivity index (χ1) is 6.87. The van der Waals surface area contributed by atoms with E-state index in [1.54, 1.807) is 6.07 Å². The summed E-state index contributed by atoms with van der Waals surface area (Å²) in [4.78, 5) is -0.234. The SMILES string of the molecule is O=S(=O)(CF)NS(=O)(=O)c1ccccc1. The molecule has 1 rings (SSSR count). The molecular formula is C7H8FNO4S2. The van der Waals surface area contributed by atoms with Crippen molar-refractivity contribution in [3.05, 3.63) is 30.3 Å². The third-order valence-corrected chi connectivity index (χ3v) is 4.51. The van der Waals surface area contributed by atoms with Crippen molar-refractivity contribution in [2.24, 2.45) is 0 Å². The topological polar surface area (TPSA) is 80.3 Å². The third-order valence-electron chi connectivity index (χ3n) is 1.43. The number of rotatable bonds is 4. The van der Waals surface area contributed by atoms with Crippen LogP contribution in [0.4, 0.5) is 4.39 Å². The highest BCUT2D eigenvalue weighted by Gasteiger charge is 2.21. The average Bonchev–Trinajstić information content (AvgIpc) is 2.18. The Labute approximate surface area is 87.0 Å². The highest BCUT2D eigenvalue weighted by atomic mass is 32.3. The first-order valence-corrected chi connectivity index (χ1v) is 6.88. The molecule has 0 radical (unpaired) electrons. The van der Waals surface area contributed by atoms with E-state index in [1.165, 1.54) is 28.4 Å². The van der Waals surface area contributed by atoms with Crippen molar-refractivity contribution in [2.45, 2.75) is 4.90 Å². The molecule has 0 saturated carbocycles. The Bertz CT molecular complexity index is 523. The van der Waals surface area contributed by atoms with Crippen molar-refractivity contribution in [1.29, 1.82) is 0 Å². The van der Waals surface area contributed by atoms with E-state index < -0.39 is 26.1 Å². The van der Waals surface area contributed by atoms with Crippen molar-refractivity contribution < 1.29 is 21.2 Å². The molecule has 1 N–H and O–H groups in total. The predicted octanol–water partition coefficient (Wildman–Crippen LogP) is 0.222. The lowest BCUT2D eigenvalue weighted by molar-refractivity contribution is 0.529. The summed E-state index contributed by atoms with van der Waals surface area (Å²) in [7, 11) is -8.64. The van der Waals surface area contributed by atoms with E-state index in [0.717, 1.165) is 0 Å². The zero-order valence-corrected chi connectivity index (χ0v) is 9.05. The van der Waals surface area contributed by atoms with E-state index in [9.17, 15) is 21.2 Å². The molecule has 1 aromatic carbocycles. The largest absolute Gasteiger partial charge is 0.254 e. The van der Waals surface area contributed by atoms with Gasteiger partial charge in [0.25, 0.3) is 20.0 Å². The van der Waals surface area contributed by atoms with Crippen LogP contribution in [0.25, 0.3) is 0 Å². The van der Waals surface area contributed by atoms with Gasteiger partial charge in [0.05, 0.1) is 4.90 Å². The van der Waals surface area contributed by atoms with Gasteiger partial charge in [-0.1, -0.05) is 18.2 Å². The number of nitrogens with one attached hydrogen (secondary N) is 1. The van der Waals surface area contributed by atoms with Gasteiger partial charge in [-0.15, -0.1) is 4.13 Å². The fourth-order valence-corrected chi connectivity index (χ4v) is 3.25. The average molecular weight is 253 g/mol. The predicted molar refractivity (Wildman–Crippen MR) is 51.7 cm³/mol. The van der Waals surface area contributed by atoms with Crippen LogP contribution >= 0.6 is 0 Å². The zero-order chi connectivity index (χ0) is 11.5. The Balaban J connectivity index is 3.07. The maximum absolute atomic E-state index is 11.9. The number of halogens is 1. The fourth-order valence-electron chi connectivity index (χ4n) is 0.837. The highest BCUT2D eigenvalue weighted by Crippen LogP contribution is 2.08.